The summed E-state index contributed by atoms with van der Waals surface area (Å²) in [6.45, 7) is 4.47. The SMILES string of the molecule is Cc1nn(Cc2ccccc2)c(C)c1C(=O)NCCN1C(=O)S/C(=C\c2cccnc2)C1=O. The van der Waals surface area contributed by atoms with Crippen LogP contribution in [0.5, 0.6) is 0 Å². The Balaban J connectivity index is 1.37. The van der Waals surface area contributed by atoms with E-state index in [2.05, 4.69) is 15.4 Å². The van der Waals surface area contributed by atoms with Gasteiger partial charge in [0, 0.05) is 31.2 Å². The van der Waals surface area contributed by atoms with Crippen molar-refractivity contribution >= 4 is 34.9 Å². The van der Waals surface area contributed by atoms with Gasteiger partial charge in [0.25, 0.3) is 17.1 Å². The number of amides is 3. The lowest BCUT2D eigenvalue weighted by molar-refractivity contribution is -0.122. The number of carbonyl (C=O) groups excluding carboxylic acids is 3. The zero-order valence-corrected chi connectivity index (χ0v) is 19.1. The number of hydrogen-bond acceptors (Lipinski definition) is 6. The van der Waals surface area contributed by atoms with Crippen molar-refractivity contribution in [2.24, 2.45) is 0 Å². The fraction of sp³-hybridized carbons (Fsp3) is 0.208. The second-order valence-electron chi connectivity index (χ2n) is 7.56. The molecule has 0 spiro atoms. The van der Waals surface area contributed by atoms with Crippen LogP contribution < -0.4 is 5.32 Å². The highest BCUT2D eigenvalue weighted by molar-refractivity contribution is 8.18. The first kappa shape index (κ1) is 22.5. The summed E-state index contributed by atoms with van der Waals surface area (Å²) in [5.41, 5.74) is 3.74. The van der Waals surface area contributed by atoms with Crippen molar-refractivity contribution in [3.63, 3.8) is 0 Å². The van der Waals surface area contributed by atoms with Crippen LogP contribution in [-0.2, 0) is 11.3 Å². The van der Waals surface area contributed by atoms with Crippen LogP contribution in [0.25, 0.3) is 6.08 Å². The van der Waals surface area contributed by atoms with Gasteiger partial charge in [-0.05, 0) is 48.9 Å². The van der Waals surface area contributed by atoms with E-state index in [1.165, 1.54) is 0 Å². The fourth-order valence-electron chi connectivity index (χ4n) is 3.61. The smallest absolute Gasteiger partial charge is 0.293 e. The largest absolute Gasteiger partial charge is 0.350 e. The first-order valence-corrected chi connectivity index (χ1v) is 11.3. The summed E-state index contributed by atoms with van der Waals surface area (Å²) in [5, 5.41) is 6.97. The number of thioether (sulfide) groups is 1. The van der Waals surface area contributed by atoms with Crippen molar-refractivity contribution < 1.29 is 14.4 Å². The normalized spacial score (nSPS) is 14.8. The van der Waals surface area contributed by atoms with E-state index in [1.807, 2.05) is 43.3 Å². The van der Waals surface area contributed by atoms with Crippen LogP contribution in [0.4, 0.5) is 4.79 Å². The Labute approximate surface area is 195 Å². The van der Waals surface area contributed by atoms with E-state index in [4.69, 9.17) is 0 Å². The number of hydrogen-bond donors (Lipinski definition) is 1. The lowest BCUT2D eigenvalue weighted by atomic mass is 10.1. The standard InChI is InChI=1S/C24H23N5O3S/c1-16-21(17(2)29(27-16)15-18-7-4-3-5-8-18)22(30)26-11-12-28-23(31)20(33-24(28)32)13-19-9-6-10-25-14-19/h3-10,13-14H,11-12,15H2,1-2H3,(H,26,30)/b20-13-. The van der Waals surface area contributed by atoms with Gasteiger partial charge in [-0.25, -0.2) is 0 Å². The number of rotatable bonds is 7. The number of nitrogens with zero attached hydrogens (tertiary/aromatic N) is 4. The molecule has 3 heterocycles. The van der Waals surface area contributed by atoms with Crippen LogP contribution in [-0.4, -0.2) is 49.8 Å². The molecule has 4 rings (SSSR count). The van der Waals surface area contributed by atoms with Crippen molar-refractivity contribution in [3.05, 3.63) is 87.8 Å². The molecule has 0 bridgehead atoms. The Bertz CT molecular complexity index is 1220. The van der Waals surface area contributed by atoms with E-state index in [9.17, 15) is 14.4 Å². The molecule has 1 saturated heterocycles. The minimum Gasteiger partial charge on any atom is -0.350 e. The molecule has 1 aromatic carbocycles. The maximum Gasteiger partial charge on any atom is 0.293 e. The molecule has 0 unspecified atom stereocenters. The molecular weight excluding hydrogens is 438 g/mol. The summed E-state index contributed by atoms with van der Waals surface area (Å²) in [6.07, 6.45) is 4.90. The Morgan fingerprint density at radius 1 is 1.12 bits per heavy atom. The minimum absolute atomic E-state index is 0.0943. The maximum absolute atomic E-state index is 12.8. The molecule has 3 aromatic rings. The van der Waals surface area contributed by atoms with Gasteiger partial charge >= 0.3 is 0 Å². The summed E-state index contributed by atoms with van der Waals surface area (Å²) < 4.78 is 1.80. The Hall–Kier alpha value is -3.72. The third-order valence-corrected chi connectivity index (χ3v) is 6.17. The highest BCUT2D eigenvalue weighted by Crippen LogP contribution is 2.31. The predicted molar refractivity (Wildman–Crippen MR) is 126 cm³/mol. The molecule has 0 aliphatic carbocycles. The van der Waals surface area contributed by atoms with E-state index in [1.54, 1.807) is 36.1 Å². The van der Waals surface area contributed by atoms with Crippen molar-refractivity contribution in [1.29, 1.82) is 0 Å². The molecule has 0 saturated carbocycles. The van der Waals surface area contributed by atoms with Crippen molar-refractivity contribution in [2.75, 3.05) is 13.1 Å². The molecule has 1 N–H and O–H groups in total. The molecule has 0 atom stereocenters. The summed E-state index contributed by atoms with van der Waals surface area (Å²) in [4.78, 5) is 43.2. The molecule has 33 heavy (non-hydrogen) atoms. The third-order valence-electron chi connectivity index (χ3n) is 5.26. The summed E-state index contributed by atoms with van der Waals surface area (Å²) in [5.74, 6) is -0.645. The maximum atomic E-state index is 12.8. The minimum atomic E-state index is -0.369. The second kappa shape index (κ2) is 9.83. The molecule has 8 nitrogen and oxygen atoms in total. The second-order valence-corrected chi connectivity index (χ2v) is 8.56. The molecule has 2 aromatic heterocycles. The van der Waals surface area contributed by atoms with Crippen LogP contribution >= 0.6 is 11.8 Å². The van der Waals surface area contributed by atoms with Gasteiger partial charge in [0.2, 0.25) is 0 Å². The number of nitrogens with one attached hydrogen (secondary N) is 1. The van der Waals surface area contributed by atoms with Gasteiger partial charge in [-0.3, -0.25) is 28.9 Å². The Morgan fingerprint density at radius 3 is 2.64 bits per heavy atom. The lowest BCUT2D eigenvalue weighted by Gasteiger charge is -2.13. The van der Waals surface area contributed by atoms with Gasteiger partial charge in [0.05, 0.1) is 22.7 Å². The summed E-state index contributed by atoms with van der Waals surface area (Å²) in [6, 6.07) is 13.5. The summed E-state index contributed by atoms with van der Waals surface area (Å²) in [7, 11) is 0. The number of carbonyl (C=O) groups is 3. The third kappa shape index (κ3) is 5.04. The van der Waals surface area contributed by atoms with Crippen LogP contribution in [0.3, 0.4) is 0 Å². The van der Waals surface area contributed by atoms with E-state index in [0.29, 0.717) is 22.7 Å². The molecule has 1 fully saturated rings. The predicted octanol–water partition coefficient (Wildman–Crippen LogP) is 3.41. The number of pyridine rings is 1. The van der Waals surface area contributed by atoms with E-state index in [-0.39, 0.29) is 30.1 Å². The Morgan fingerprint density at radius 2 is 1.91 bits per heavy atom. The van der Waals surface area contributed by atoms with Gasteiger partial charge in [0.1, 0.15) is 0 Å². The quantitative estimate of drug-likeness (QED) is 0.542. The van der Waals surface area contributed by atoms with Gasteiger partial charge in [0.15, 0.2) is 0 Å². The number of imide groups is 1. The van der Waals surface area contributed by atoms with E-state index >= 15 is 0 Å². The zero-order chi connectivity index (χ0) is 23.4. The fourth-order valence-corrected chi connectivity index (χ4v) is 4.48. The van der Waals surface area contributed by atoms with Crippen molar-refractivity contribution in [1.82, 2.24) is 25.0 Å². The zero-order valence-electron chi connectivity index (χ0n) is 18.3. The topological polar surface area (TPSA) is 97.2 Å². The Kier molecular flexibility index (Phi) is 6.69. The van der Waals surface area contributed by atoms with Crippen LogP contribution in [0, 0.1) is 13.8 Å². The molecule has 168 valence electrons. The van der Waals surface area contributed by atoms with Gasteiger partial charge in [-0.2, -0.15) is 5.10 Å². The average molecular weight is 462 g/mol. The molecule has 1 aliphatic rings. The molecule has 9 heteroatoms. The monoisotopic (exact) mass is 461 g/mol. The van der Waals surface area contributed by atoms with E-state index in [0.717, 1.165) is 33.5 Å². The lowest BCUT2D eigenvalue weighted by Crippen LogP contribution is -2.37. The first-order chi connectivity index (χ1) is 15.9. The molecule has 3 amide bonds. The van der Waals surface area contributed by atoms with Gasteiger partial charge < -0.3 is 5.32 Å². The molecular formula is C24H23N5O3S. The number of aromatic nitrogens is 3. The van der Waals surface area contributed by atoms with Crippen molar-refractivity contribution in [3.8, 4) is 0 Å². The van der Waals surface area contributed by atoms with Gasteiger partial charge in [-0.1, -0.05) is 36.4 Å². The number of benzene rings is 1. The van der Waals surface area contributed by atoms with Crippen LogP contribution in [0.2, 0.25) is 0 Å². The summed E-state index contributed by atoms with van der Waals surface area (Å²) >= 11 is 0.886. The average Bonchev–Trinajstić information content (AvgIpc) is 3.23. The van der Waals surface area contributed by atoms with Crippen LogP contribution in [0.15, 0.2) is 59.8 Å². The number of aryl methyl sites for hydroxylation is 1. The highest BCUT2D eigenvalue weighted by Gasteiger charge is 2.34. The molecule has 1 aliphatic heterocycles. The molecule has 0 radical (unpaired) electrons. The van der Waals surface area contributed by atoms with Crippen LogP contribution in [0.1, 0.15) is 32.9 Å². The first-order valence-electron chi connectivity index (χ1n) is 10.5. The van der Waals surface area contributed by atoms with Gasteiger partial charge in [-0.15, -0.1) is 0 Å². The highest BCUT2D eigenvalue weighted by atomic mass is 32.2. The van der Waals surface area contributed by atoms with E-state index < -0.39 is 0 Å². The van der Waals surface area contributed by atoms with Crippen molar-refractivity contribution in [2.45, 2.75) is 20.4 Å².